The van der Waals surface area contributed by atoms with Crippen molar-refractivity contribution in [2.45, 2.75) is 58.3 Å². The third-order valence-electron chi connectivity index (χ3n) is 5.00. The summed E-state index contributed by atoms with van der Waals surface area (Å²) in [5, 5.41) is 2.60. The number of rotatable bonds is 10. The van der Waals surface area contributed by atoms with Crippen molar-refractivity contribution < 1.29 is 4.74 Å². The van der Waals surface area contributed by atoms with Crippen LogP contribution in [0.3, 0.4) is 0 Å². The normalized spacial score (nSPS) is 13.1. The quantitative estimate of drug-likeness (QED) is 0.328. The first-order valence-corrected chi connectivity index (χ1v) is 9.78. The van der Waals surface area contributed by atoms with Crippen LogP contribution in [-0.4, -0.2) is 6.61 Å². The van der Waals surface area contributed by atoms with Gasteiger partial charge >= 0.3 is 0 Å². The van der Waals surface area contributed by atoms with Crippen LogP contribution in [0, 0.1) is 0 Å². The van der Waals surface area contributed by atoms with Gasteiger partial charge in [-0.25, -0.2) is 0 Å². The molecule has 0 bridgehead atoms. The Hall–Kier alpha value is -2.02. The number of ether oxygens (including phenoxy) is 1. The van der Waals surface area contributed by atoms with E-state index in [1.54, 1.807) is 5.57 Å². The predicted molar refractivity (Wildman–Crippen MR) is 109 cm³/mol. The van der Waals surface area contributed by atoms with Gasteiger partial charge in [-0.05, 0) is 72.6 Å². The number of fused-ring (bicyclic) bond motifs is 1. The standard InChI is InChI=1S/C24H30O/c1-3-25-24(21-15-16-21)13-7-5-4-6-10-19(2)22-17-14-20-11-8-9-12-23(20)18-22/h8-9,11-12,14,17-18H,2-7,10,13,15-16H2,1H3. The molecule has 1 aliphatic carbocycles. The fraction of sp³-hybridized carbons (Fsp3) is 0.417. The van der Waals surface area contributed by atoms with Crippen LogP contribution in [0.25, 0.3) is 16.3 Å². The van der Waals surface area contributed by atoms with Crippen LogP contribution in [0.1, 0.15) is 63.9 Å². The second-order valence-corrected chi connectivity index (χ2v) is 7.04. The zero-order chi connectivity index (χ0) is 17.5. The largest absolute Gasteiger partial charge is 0.498 e. The molecule has 1 aliphatic rings. The molecule has 2 aromatic carbocycles. The lowest BCUT2D eigenvalue weighted by molar-refractivity contribution is 0.214. The first-order chi connectivity index (χ1) is 12.3. The molecule has 0 aromatic heterocycles. The lowest BCUT2D eigenvalue weighted by Crippen LogP contribution is -1.92. The molecule has 1 heteroatoms. The molecule has 0 atom stereocenters. The van der Waals surface area contributed by atoms with Crippen LogP contribution in [0.5, 0.6) is 0 Å². The molecule has 0 heterocycles. The molecule has 0 spiro atoms. The summed E-state index contributed by atoms with van der Waals surface area (Å²) in [4.78, 5) is 0. The van der Waals surface area contributed by atoms with Crippen LogP contribution in [0.15, 0.2) is 60.4 Å². The Morgan fingerprint density at radius 3 is 2.36 bits per heavy atom. The van der Waals surface area contributed by atoms with Gasteiger partial charge in [0.25, 0.3) is 0 Å². The Labute approximate surface area is 152 Å². The number of benzene rings is 2. The summed E-state index contributed by atoms with van der Waals surface area (Å²) in [6, 6.07) is 15.2. The van der Waals surface area contributed by atoms with E-state index in [0.29, 0.717) is 0 Å². The molecule has 25 heavy (non-hydrogen) atoms. The Balaban J connectivity index is 1.38. The highest BCUT2D eigenvalue weighted by molar-refractivity contribution is 5.86. The Kier molecular flexibility index (Phi) is 6.33. The van der Waals surface area contributed by atoms with E-state index < -0.39 is 0 Å². The third-order valence-corrected chi connectivity index (χ3v) is 5.00. The van der Waals surface area contributed by atoms with E-state index in [9.17, 15) is 0 Å². The summed E-state index contributed by atoms with van der Waals surface area (Å²) in [7, 11) is 0. The lowest BCUT2D eigenvalue weighted by Gasteiger charge is -2.09. The molecular weight excluding hydrogens is 304 g/mol. The van der Waals surface area contributed by atoms with E-state index in [0.717, 1.165) is 19.4 Å². The summed E-state index contributed by atoms with van der Waals surface area (Å²) >= 11 is 0. The first-order valence-electron chi connectivity index (χ1n) is 9.78. The number of allylic oxidation sites excluding steroid dienone is 3. The average molecular weight is 335 g/mol. The van der Waals surface area contributed by atoms with E-state index in [2.05, 4.69) is 56.0 Å². The van der Waals surface area contributed by atoms with Gasteiger partial charge in [-0.15, -0.1) is 0 Å². The van der Waals surface area contributed by atoms with Gasteiger partial charge in [0, 0.05) is 6.42 Å². The van der Waals surface area contributed by atoms with Crippen LogP contribution >= 0.6 is 0 Å². The smallest absolute Gasteiger partial charge is 0.0951 e. The first kappa shape index (κ1) is 17.8. The Morgan fingerprint density at radius 2 is 1.64 bits per heavy atom. The summed E-state index contributed by atoms with van der Waals surface area (Å²) in [6.45, 7) is 7.20. The molecule has 2 aromatic rings. The van der Waals surface area contributed by atoms with Crippen LogP contribution in [0.4, 0.5) is 0 Å². The SMILES string of the molecule is C=C(CCCCCCC(OCC)=C1CC1)c1ccc2ccccc2c1. The summed E-state index contributed by atoms with van der Waals surface area (Å²) in [5.74, 6) is 1.29. The Bertz CT molecular complexity index is 748. The molecule has 0 unspecified atom stereocenters. The minimum Gasteiger partial charge on any atom is -0.498 e. The van der Waals surface area contributed by atoms with E-state index in [1.807, 2.05) is 0 Å². The van der Waals surface area contributed by atoms with Crippen molar-refractivity contribution >= 4 is 16.3 Å². The summed E-state index contributed by atoms with van der Waals surface area (Å²) in [5.41, 5.74) is 4.11. The molecule has 3 rings (SSSR count). The van der Waals surface area contributed by atoms with Gasteiger partial charge in [0.1, 0.15) is 0 Å². The van der Waals surface area contributed by atoms with Crippen molar-refractivity contribution in [2.75, 3.05) is 6.61 Å². The maximum atomic E-state index is 5.77. The number of hydrogen-bond acceptors (Lipinski definition) is 1. The minimum atomic E-state index is 0.810. The maximum absolute atomic E-state index is 5.77. The highest BCUT2D eigenvalue weighted by Gasteiger charge is 2.18. The Morgan fingerprint density at radius 1 is 0.920 bits per heavy atom. The highest BCUT2D eigenvalue weighted by Crippen LogP contribution is 2.34. The van der Waals surface area contributed by atoms with Crippen LogP contribution in [-0.2, 0) is 4.74 Å². The highest BCUT2D eigenvalue weighted by atomic mass is 16.5. The van der Waals surface area contributed by atoms with E-state index >= 15 is 0 Å². The predicted octanol–water partition coefficient (Wildman–Crippen LogP) is 7.28. The zero-order valence-corrected chi connectivity index (χ0v) is 15.5. The fourth-order valence-corrected chi connectivity index (χ4v) is 3.40. The van der Waals surface area contributed by atoms with Crippen molar-refractivity contribution in [3.8, 4) is 0 Å². The molecule has 0 saturated heterocycles. The van der Waals surface area contributed by atoms with Crippen LogP contribution < -0.4 is 0 Å². The molecule has 1 fully saturated rings. The second kappa shape index (κ2) is 8.89. The van der Waals surface area contributed by atoms with E-state index in [-0.39, 0.29) is 0 Å². The summed E-state index contributed by atoms with van der Waals surface area (Å²) in [6.07, 6.45) is 9.80. The average Bonchev–Trinajstić information content (AvgIpc) is 3.48. The molecule has 132 valence electrons. The van der Waals surface area contributed by atoms with Crippen molar-refractivity contribution in [3.05, 3.63) is 65.9 Å². The van der Waals surface area contributed by atoms with E-state index in [1.165, 1.54) is 66.2 Å². The molecule has 1 nitrogen and oxygen atoms in total. The lowest BCUT2D eigenvalue weighted by atomic mass is 9.98. The fourth-order valence-electron chi connectivity index (χ4n) is 3.40. The number of unbranched alkanes of at least 4 members (excludes halogenated alkanes) is 3. The number of hydrogen-bond donors (Lipinski definition) is 0. The van der Waals surface area contributed by atoms with Gasteiger partial charge < -0.3 is 4.74 Å². The minimum absolute atomic E-state index is 0.810. The third kappa shape index (κ3) is 5.22. The van der Waals surface area contributed by atoms with Gasteiger partial charge in [0.05, 0.1) is 12.4 Å². The van der Waals surface area contributed by atoms with Gasteiger partial charge in [0.15, 0.2) is 0 Å². The van der Waals surface area contributed by atoms with Gasteiger partial charge in [-0.3, -0.25) is 0 Å². The summed E-state index contributed by atoms with van der Waals surface area (Å²) < 4.78 is 5.77. The molecule has 1 saturated carbocycles. The maximum Gasteiger partial charge on any atom is 0.0951 e. The van der Waals surface area contributed by atoms with Gasteiger partial charge in [-0.2, -0.15) is 0 Å². The molecular formula is C24H30O. The monoisotopic (exact) mass is 334 g/mol. The van der Waals surface area contributed by atoms with Gasteiger partial charge in [0.2, 0.25) is 0 Å². The van der Waals surface area contributed by atoms with Crippen molar-refractivity contribution in [2.24, 2.45) is 0 Å². The van der Waals surface area contributed by atoms with Crippen molar-refractivity contribution in [1.82, 2.24) is 0 Å². The van der Waals surface area contributed by atoms with Crippen molar-refractivity contribution in [1.29, 1.82) is 0 Å². The topological polar surface area (TPSA) is 9.23 Å². The molecule has 0 radical (unpaired) electrons. The molecule has 0 aliphatic heterocycles. The van der Waals surface area contributed by atoms with Crippen molar-refractivity contribution in [3.63, 3.8) is 0 Å². The molecule has 0 N–H and O–H groups in total. The zero-order valence-electron chi connectivity index (χ0n) is 15.5. The molecule has 0 amide bonds. The van der Waals surface area contributed by atoms with Crippen LogP contribution in [0.2, 0.25) is 0 Å². The van der Waals surface area contributed by atoms with Gasteiger partial charge in [-0.1, -0.05) is 55.8 Å². The van der Waals surface area contributed by atoms with E-state index in [4.69, 9.17) is 4.74 Å². The second-order valence-electron chi connectivity index (χ2n) is 7.04.